The SMILES string of the molecule is C#CCO/N=C(\C(=O)N[C@@H]1C(=O)N2C(C(=O)[O-])=C(C[N+]34CCC(C(N)=O)(CC3)CC4)CS[C@@H]12)c1csc(N)n1. The van der Waals surface area contributed by atoms with Crippen LogP contribution in [-0.4, -0.2) is 93.7 Å². The van der Waals surface area contributed by atoms with E-state index in [9.17, 15) is 24.3 Å². The van der Waals surface area contributed by atoms with Gasteiger partial charge in [0, 0.05) is 36.0 Å². The number of carboxylic acid groups (broad SMARTS) is 1. The van der Waals surface area contributed by atoms with Gasteiger partial charge in [0.25, 0.3) is 11.8 Å². The lowest BCUT2D eigenvalue weighted by atomic mass is 9.70. The van der Waals surface area contributed by atoms with E-state index in [1.165, 1.54) is 22.0 Å². The van der Waals surface area contributed by atoms with E-state index < -0.39 is 34.6 Å². The lowest BCUT2D eigenvalue weighted by Crippen LogP contribution is -2.72. The van der Waals surface area contributed by atoms with E-state index in [1.807, 2.05) is 0 Å². The smallest absolute Gasteiger partial charge is 0.276 e. The Morgan fingerprint density at radius 1 is 1.33 bits per heavy atom. The quantitative estimate of drug-likeness (QED) is 0.0746. The summed E-state index contributed by atoms with van der Waals surface area (Å²) in [6, 6.07) is -0.986. The van der Waals surface area contributed by atoms with E-state index in [1.54, 1.807) is 0 Å². The number of carbonyl (C=O) groups is 4. The van der Waals surface area contributed by atoms with Gasteiger partial charge in [-0.15, -0.1) is 29.5 Å². The molecule has 1 aromatic heterocycles. The van der Waals surface area contributed by atoms with Crippen LogP contribution in [0.1, 0.15) is 25.0 Å². The van der Waals surface area contributed by atoms with Gasteiger partial charge < -0.3 is 36.0 Å². The Morgan fingerprint density at radius 2 is 2.03 bits per heavy atom. The van der Waals surface area contributed by atoms with Crippen molar-refractivity contribution in [2.24, 2.45) is 16.3 Å². The fourth-order valence-electron chi connectivity index (χ4n) is 5.81. The van der Waals surface area contributed by atoms with Crippen molar-refractivity contribution in [1.82, 2.24) is 15.2 Å². The van der Waals surface area contributed by atoms with Crippen molar-refractivity contribution in [2.75, 3.05) is 44.3 Å². The summed E-state index contributed by atoms with van der Waals surface area (Å²) >= 11 is 2.47. The molecule has 39 heavy (non-hydrogen) atoms. The van der Waals surface area contributed by atoms with Crippen LogP contribution in [0.4, 0.5) is 5.13 Å². The Bertz CT molecular complexity index is 1320. The zero-order valence-electron chi connectivity index (χ0n) is 20.9. The summed E-state index contributed by atoms with van der Waals surface area (Å²) in [5.74, 6) is -0.407. The largest absolute Gasteiger partial charge is 0.543 e. The highest BCUT2D eigenvalue weighted by molar-refractivity contribution is 8.00. The molecule has 206 valence electrons. The summed E-state index contributed by atoms with van der Waals surface area (Å²) in [5, 5.41) is 19.7. The molecule has 0 unspecified atom stereocenters. The topological polar surface area (TPSA) is 193 Å². The average Bonchev–Trinajstić information content (AvgIpc) is 3.35. The van der Waals surface area contributed by atoms with E-state index in [0.29, 0.717) is 41.6 Å². The molecule has 1 aromatic rings. The number of aliphatic carboxylic acids is 1. The molecule has 4 fully saturated rings. The molecule has 5 aliphatic heterocycles. The highest BCUT2D eigenvalue weighted by atomic mass is 32.2. The lowest BCUT2D eigenvalue weighted by molar-refractivity contribution is -0.940. The number of carbonyl (C=O) groups excluding carboxylic acids is 4. The summed E-state index contributed by atoms with van der Waals surface area (Å²) in [7, 11) is 0. The number of primary amides is 1. The number of thioether (sulfide) groups is 1. The van der Waals surface area contributed by atoms with Gasteiger partial charge >= 0.3 is 0 Å². The first kappa shape index (κ1) is 27.0. The number of quaternary nitrogens is 1. The third kappa shape index (κ3) is 4.72. The standard InChI is InChI=1S/C24H27N7O6S2/c1-2-9-37-29-15(14-12-39-23(26)27-14)18(32)28-16-19(33)30-17(21(34)35)13(11-38-20(16)30)10-31-6-3-24(4-7-31,5-8-31)22(25)36/h1,12,16,20H,3-11H2,(H5-,25,26,27,28,32,34,35,36)/b29-15-/t16-,20+,24?,31?/m1/s1. The highest BCUT2D eigenvalue weighted by Gasteiger charge is 2.56. The number of hydrogen-bond acceptors (Lipinski definition) is 11. The molecule has 0 radical (unpaired) electrons. The van der Waals surface area contributed by atoms with E-state index in [0.717, 1.165) is 31.0 Å². The van der Waals surface area contributed by atoms with Gasteiger partial charge in [-0.05, 0) is 0 Å². The maximum Gasteiger partial charge on any atom is 0.276 e. The molecule has 0 saturated carbocycles. The first-order valence-electron chi connectivity index (χ1n) is 12.3. The van der Waals surface area contributed by atoms with Crippen molar-refractivity contribution in [2.45, 2.75) is 30.7 Å². The van der Waals surface area contributed by atoms with Gasteiger partial charge in [-0.3, -0.25) is 19.3 Å². The minimum atomic E-state index is -1.44. The van der Waals surface area contributed by atoms with Crippen molar-refractivity contribution < 1.29 is 33.6 Å². The van der Waals surface area contributed by atoms with E-state index in [-0.39, 0.29) is 34.7 Å². The summed E-state index contributed by atoms with van der Waals surface area (Å²) < 4.78 is 0.656. The third-order valence-corrected chi connectivity index (χ3v) is 10.1. The number of nitrogens with one attached hydrogen (secondary N) is 1. The summed E-state index contributed by atoms with van der Waals surface area (Å²) in [4.78, 5) is 60.7. The Labute approximate surface area is 232 Å². The van der Waals surface area contributed by atoms with Crippen LogP contribution in [-0.2, 0) is 24.0 Å². The molecule has 2 bridgehead atoms. The Hall–Kier alpha value is -3.61. The lowest BCUT2D eigenvalue weighted by Gasteiger charge is -2.55. The molecule has 13 nitrogen and oxygen atoms in total. The number of nitrogens with zero attached hydrogens (tertiary/aromatic N) is 4. The molecule has 5 N–H and O–H groups in total. The minimum Gasteiger partial charge on any atom is -0.543 e. The minimum absolute atomic E-state index is 0.141. The van der Waals surface area contributed by atoms with Gasteiger partial charge in [-0.25, -0.2) is 4.98 Å². The van der Waals surface area contributed by atoms with Crippen molar-refractivity contribution >= 4 is 57.6 Å². The zero-order chi connectivity index (χ0) is 27.9. The Balaban J connectivity index is 1.32. The number of carboxylic acids is 1. The molecule has 3 amide bonds. The molecule has 0 spiro atoms. The van der Waals surface area contributed by atoms with Crippen LogP contribution >= 0.6 is 23.1 Å². The van der Waals surface area contributed by atoms with E-state index in [4.69, 9.17) is 22.7 Å². The van der Waals surface area contributed by atoms with Gasteiger partial charge in [0.2, 0.25) is 5.91 Å². The second kappa shape index (κ2) is 10.2. The van der Waals surface area contributed by atoms with Crippen LogP contribution in [0.25, 0.3) is 0 Å². The van der Waals surface area contributed by atoms with Gasteiger partial charge in [0.05, 0.1) is 36.7 Å². The predicted molar refractivity (Wildman–Crippen MR) is 140 cm³/mol. The first-order valence-corrected chi connectivity index (χ1v) is 14.2. The fraction of sp³-hybridized carbons (Fsp3) is 0.500. The van der Waals surface area contributed by atoms with E-state index in [2.05, 4.69) is 21.4 Å². The van der Waals surface area contributed by atoms with Crippen LogP contribution in [0, 0.1) is 17.8 Å². The number of aromatic nitrogens is 1. The maximum absolute atomic E-state index is 13.2. The Morgan fingerprint density at radius 3 is 2.59 bits per heavy atom. The van der Waals surface area contributed by atoms with Crippen LogP contribution in [0.2, 0.25) is 0 Å². The number of hydrogen-bond donors (Lipinski definition) is 3. The van der Waals surface area contributed by atoms with Crippen molar-refractivity contribution in [3.05, 3.63) is 22.3 Å². The Kier molecular flexibility index (Phi) is 7.04. The number of nitrogen functional groups attached to an aromatic ring is 1. The normalized spacial score (nSPS) is 29.8. The van der Waals surface area contributed by atoms with E-state index >= 15 is 0 Å². The molecule has 5 aliphatic rings. The monoisotopic (exact) mass is 573 g/mol. The molecule has 6 rings (SSSR count). The number of nitrogens with two attached hydrogens (primary N) is 2. The van der Waals surface area contributed by atoms with Gasteiger partial charge in [-0.2, -0.15) is 0 Å². The molecular weight excluding hydrogens is 546 g/mol. The first-order chi connectivity index (χ1) is 18.6. The zero-order valence-corrected chi connectivity index (χ0v) is 22.5. The molecule has 6 heterocycles. The number of thiazole rings is 1. The highest BCUT2D eigenvalue weighted by Crippen LogP contribution is 2.46. The van der Waals surface area contributed by atoms with Gasteiger partial charge in [-0.1, -0.05) is 11.1 Å². The summed E-state index contributed by atoms with van der Waals surface area (Å²) in [5.41, 5.74) is 11.3. The van der Waals surface area contributed by atoms with Crippen molar-refractivity contribution in [3.63, 3.8) is 0 Å². The van der Waals surface area contributed by atoms with Crippen LogP contribution < -0.4 is 21.9 Å². The number of oxime groups is 1. The maximum atomic E-state index is 13.2. The fourth-order valence-corrected chi connectivity index (χ4v) is 7.70. The van der Waals surface area contributed by atoms with Crippen molar-refractivity contribution in [1.29, 1.82) is 0 Å². The molecule has 0 aromatic carbocycles. The third-order valence-electron chi connectivity index (χ3n) is 8.05. The average molecular weight is 574 g/mol. The molecular formula is C24H27N7O6S2. The molecule has 2 atom stereocenters. The molecule has 4 saturated heterocycles. The number of piperidine rings is 3. The second-order valence-corrected chi connectivity index (χ2v) is 12.1. The number of fused-ring (bicyclic) bond motifs is 4. The van der Waals surface area contributed by atoms with Crippen molar-refractivity contribution in [3.8, 4) is 12.3 Å². The number of rotatable bonds is 9. The number of β-lactam (4-membered cyclic amide) rings is 1. The van der Waals surface area contributed by atoms with Crippen LogP contribution in [0.3, 0.4) is 0 Å². The summed E-state index contributed by atoms with van der Waals surface area (Å²) in [6.45, 7) is 2.43. The van der Waals surface area contributed by atoms with Crippen LogP contribution in [0.15, 0.2) is 21.8 Å². The van der Waals surface area contributed by atoms with Gasteiger partial charge in [0.1, 0.15) is 23.7 Å². The molecule has 0 aliphatic carbocycles. The second-order valence-electron chi connectivity index (χ2n) is 10.2. The van der Waals surface area contributed by atoms with Crippen LogP contribution in [0.5, 0.6) is 0 Å². The van der Waals surface area contributed by atoms with Gasteiger partial charge in [0.15, 0.2) is 17.5 Å². The number of amides is 3. The summed E-state index contributed by atoms with van der Waals surface area (Å²) in [6.07, 6.45) is 7.18. The number of terminal acetylenes is 1. The molecule has 15 heteroatoms. The number of anilines is 1. The predicted octanol–water partition coefficient (Wildman–Crippen LogP) is -2.03.